The standard InChI is InChI=1S/C28H41N5O3/c1-28(2)20-8-7-19(23(28)15-20)17-30-27(35)24-5-4-6-25-31-21(18-33(24)25)16-26(34)32(13-14-36-3)22-9-11-29-12-10-22/h4-6,18-20,22-23,29H,7-17H2,1-3H3,(H,30,35)/t19-,20+,23-/m0/s1. The zero-order chi connectivity index (χ0) is 25.3. The Bertz CT molecular complexity index is 1090. The summed E-state index contributed by atoms with van der Waals surface area (Å²) in [5.41, 5.74) is 2.35. The number of piperidine rings is 1. The lowest BCUT2D eigenvalue weighted by atomic mass is 9.45. The highest BCUT2D eigenvalue weighted by molar-refractivity contribution is 5.93. The summed E-state index contributed by atoms with van der Waals surface area (Å²) in [5, 5.41) is 6.57. The van der Waals surface area contributed by atoms with Crippen LogP contribution in [0.3, 0.4) is 0 Å². The van der Waals surface area contributed by atoms with Gasteiger partial charge in [0.2, 0.25) is 5.91 Å². The highest BCUT2D eigenvalue weighted by atomic mass is 16.5. The van der Waals surface area contributed by atoms with Crippen molar-refractivity contribution < 1.29 is 14.3 Å². The van der Waals surface area contributed by atoms with Gasteiger partial charge in [-0.3, -0.25) is 14.0 Å². The number of carbonyl (C=O) groups excluding carboxylic acids is 2. The number of amides is 2. The quantitative estimate of drug-likeness (QED) is 0.559. The van der Waals surface area contributed by atoms with Crippen molar-refractivity contribution in [2.75, 3.05) is 39.9 Å². The fraction of sp³-hybridized carbons (Fsp3) is 0.679. The van der Waals surface area contributed by atoms with E-state index in [1.165, 1.54) is 19.3 Å². The molecule has 2 N–H and O–H groups in total. The van der Waals surface area contributed by atoms with Crippen LogP contribution in [0, 0.1) is 23.2 Å². The van der Waals surface area contributed by atoms with Crippen molar-refractivity contribution >= 4 is 17.5 Å². The molecule has 8 nitrogen and oxygen atoms in total. The number of carbonyl (C=O) groups is 2. The molecule has 2 aromatic rings. The first kappa shape index (κ1) is 25.2. The molecule has 2 bridgehead atoms. The van der Waals surface area contributed by atoms with E-state index in [0.717, 1.165) is 38.4 Å². The number of imidazole rings is 1. The van der Waals surface area contributed by atoms with Gasteiger partial charge in [-0.2, -0.15) is 0 Å². The van der Waals surface area contributed by atoms with Crippen LogP contribution >= 0.6 is 0 Å². The molecule has 1 aliphatic heterocycles. The maximum Gasteiger partial charge on any atom is 0.268 e. The number of nitrogens with one attached hydrogen (secondary N) is 2. The van der Waals surface area contributed by atoms with Crippen LogP contribution in [0.4, 0.5) is 0 Å². The molecule has 3 saturated carbocycles. The van der Waals surface area contributed by atoms with Crippen LogP contribution in [0.5, 0.6) is 0 Å². The van der Waals surface area contributed by atoms with Crippen LogP contribution in [0.15, 0.2) is 24.4 Å². The zero-order valence-electron chi connectivity index (χ0n) is 22.0. The lowest BCUT2D eigenvalue weighted by Crippen LogP contribution is -2.54. The Morgan fingerprint density at radius 3 is 2.75 bits per heavy atom. The predicted molar refractivity (Wildman–Crippen MR) is 139 cm³/mol. The molecule has 0 aromatic carbocycles. The number of ether oxygens (including phenoxy) is 1. The smallest absolute Gasteiger partial charge is 0.268 e. The molecular weight excluding hydrogens is 454 g/mol. The van der Waals surface area contributed by atoms with Crippen LogP contribution in [-0.2, 0) is 16.0 Å². The van der Waals surface area contributed by atoms with E-state index in [-0.39, 0.29) is 24.3 Å². The van der Waals surface area contributed by atoms with Gasteiger partial charge in [0.25, 0.3) is 5.91 Å². The second kappa shape index (κ2) is 10.5. The summed E-state index contributed by atoms with van der Waals surface area (Å²) in [6.07, 6.45) is 7.75. The van der Waals surface area contributed by atoms with Crippen molar-refractivity contribution in [1.29, 1.82) is 0 Å². The number of nitrogens with zero attached hydrogens (tertiary/aromatic N) is 3. The van der Waals surface area contributed by atoms with Crippen LogP contribution in [0.25, 0.3) is 5.65 Å². The number of fused-ring (bicyclic) bond motifs is 3. The third-order valence-electron chi connectivity index (χ3n) is 9.24. The van der Waals surface area contributed by atoms with Gasteiger partial charge in [-0.25, -0.2) is 4.98 Å². The number of rotatable bonds is 9. The lowest BCUT2D eigenvalue weighted by Gasteiger charge is -2.60. The van der Waals surface area contributed by atoms with E-state index >= 15 is 0 Å². The monoisotopic (exact) mass is 495 g/mol. The van der Waals surface area contributed by atoms with Crippen LogP contribution in [0.2, 0.25) is 0 Å². The zero-order valence-corrected chi connectivity index (χ0v) is 22.0. The van der Waals surface area contributed by atoms with Crippen molar-refractivity contribution in [2.24, 2.45) is 23.2 Å². The molecule has 3 atom stereocenters. The Labute approximate surface area is 214 Å². The van der Waals surface area contributed by atoms with Crippen molar-refractivity contribution in [1.82, 2.24) is 24.9 Å². The van der Waals surface area contributed by atoms with E-state index in [4.69, 9.17) is 4.74 Å². The highest BCUT2D eigenvalue weighted by Crippen LogP contribution is 2.61. The second-order valence-electron chi connectivity index (χ2n) is 11.5. The predicted octanol–water partition coefficient (Wildman–Crippen LogP) is 2.91. The van der Waals surface area contributed by atoms with Gasteiger partial charge < -0.3 is 20.3 Å². The molecule has 0 unspecified atom stereocenters. The van der Waals surface area contributed by atoms with E-state index < -0.39 is 0 Å². The van der Waals surface area contributed by atoms with Gasteiger partial charge in [-0.05, 0) is 80.5 Å². The maximum atomic E-state index is 13.3. The summed E-state index contributed by atoms with van der Waals surface area (Å²) >= 11 is 0. The molecule has 4 aliphatic rings. The molecule has 0 radical (unpaired) electrons. The number of hydrogen-bond acceptors (Lipinski definition) is 5. The van der Waals surface area contributed by atoms with E-state index in [9.17, 15) is 9.59 Å². The van der Waals surface area contributed by atoms with E-state index in [2.05, 4.69) is 29.5 Å². The Kier molecular flexibility index (Phi) is 7.35. The summed E-state index contributed by atoms with van der Waals surface area (Å²) < 4.78 is 7.09. The number of methoxy groups -OCH3 is 1. The Balaban J connectivity index is 1.26. The highest BCUT2D eigenvalue weighted by Gasteiger charge is 2.53. The summed E-state index contributed by atoms with van der Waals surface area (Å²) in [5.74, 6) is 2.10. The van der Waals surface area contributed by atoms with Crippen molar-refractivity contribution in [3.63, 3.8) is 0 Å². The number of pyridine rings is 1. The maximum absolute atomic E-state index is 13.3. The van der Waals surface area contributed by atoms with Gasteiger partial charge in [0.05, 0.1) is 18.7 Å². The van der Waals surface area contributed by atoms with Crippen LogP contribution in [0.1, 0.15) is 62.1 Å². The fourth-order valence-corrected chi connectivity index (χ4v) is 6.93. The number of aromatic nitrogens is 2. The minimum atomic E-state index is -0.0773. The first-order chi connectivity index (χ1) is 17.4. The van der Waals surface area contributed by atoms with E-state index in [1.807, 2.05) is 33.7 Å². The molecule has 4 fully saturated rings. The third-order valence-corrected chi connectivity index (χ3v) is 9.24. The largest absolute Gasteiger partial charge is 0.383 e. The molecule has 3 aliphatic carbocycles. The fourth-order valence-electron chi connectivity index (χ4n) is 6.93. The van der Waals surface area contributed by atoms with Gasteiger partial charge in [-0.15, -0.1) is 0 Å². The topological polar surface area (TPSA) is 88.0 Å². The summed E-state index contributed by atoms with van der Waals surface area (Å²) in [6, 6.07) is 5.81. The minimum Gasteiger partial charge on any atom is -0.383 e. The third kappa shape index (κ3) is 4.90. The Morgan fingerprint density at radius 1 is 1.22 bits per heavy atom. The molecule has 3 heterocycles. The molecule has 36 heavy (non-hydrogen) atoms. The SMILES string of the molecule is COCCN(C(=O)Cc1cn2c(C(=O)NC[C@@H]3CC[C@@H]4C[C@@H]3C4(C)C)cccc2n1)C1CCNCC1. The van der Waals surface area contributed by atoms with Gasteiger partial charge in [0.15, 0.2) is 0 Å². The molecule has 196 valence electrons. The van der Waals surface area contributed by atoms with Crippen molar-refractivity contribution in [3.8, 4) is 0 Å². The second-order valence-corrected chi connectivity index (χ2v) is 11.5. The molecule has 0 spiro atoms. The van der Waals surface area contributed by atoms with Gasteiger partial charge >= 0.3 is 0 Å². The van der Waals surface area contributed by atoms with E-state index in [1.54, 1.807) is 7.11 Å². The molecule has 1 saturated heterocycles. The summed E-state index contributed by atoms with van der Waals surface area (Å²) in [6.45, 7) is 8.45. The Hall–Kier alpha value is -2.45. The van der Waals surface area contributed by atoms with E-state index in [0.29, 0.717) is 47.4 Å². The van der Waals surface area contributed by atoms with Crippen LogP contribution in [-0.4, -0.2) is 72.0 Å². The molecule has 8 heteroatoms. The summed E-state index contributed by atoms with van der Waals surface area (Å²) in [4.78, 5) is 33.1. The normalized spacial score (nSPS) is 25.4. The van der Waals surface area contributed by atoms with Gasteiger partial charge in [0, 0.05) is 32.4 Å². The van der Waals surface area contributed by atoms with Crippen molar-refractivity contribution in [3.05, 3.63) is 35.8 Å². The van der Waals surface area contributed by atoms with Gasteiger partial charge in [0.1, 0.15) is 11.3 Å². The first-order valence-electron chi connectivity index (χ1n) is 13.6. The summed E-state index contributed by atoms with van der Waals surface area (Å²) in [7, 11) is 1.66. The molecule has 2 aromatic heterocycles. The molecule has 2 amide bonds. The molecular formula is C28H41N5O3. The minimum absolute atomic E-state index is 0.0621. The average Bonchev–Trinajstić information content (AvgIpc) is 3.30. The number of hydrogen-bond donors (Lipinski definition) is 2. The van der Waals surface area contributed by atoms with Crippen LogP contribution < -0.4 is 10.6 Å². The Morgan fingerprint density at radius 2 is 2.03 bits per heavy atom. The molecule has 6 rings (SSSR count). The lowest BCUT2D eigenvalue weighted by molar-refractivity contribution is -0.134. The van der Waals surface area contributed by atoms with Gasteiger partial charge in [-0.1, -0.05) is 19.9 Å². The van der Waals surface area contributed by atoms with Crippen molar-refractivity contribution in [2.45, 2.75) is 58.4 Å². The first-order valence-corrected chi connectivity index (χ1v) is 13.6. The average molecular weight is 496 g/mol.